The van der Waals surface area contributed by atoms with Gasteiger partial charge in [-0.3, -0.25) is 0 Å². The predicted octanol–water partition coefficient (Wildman–Crippen LogP) is 1.72. The molecule has 1 saturated heterocycles. The van der Waals surface area contributed by atoms with Crippen molar-refractivity contribution in [2.45, 2.75) is 32.4 Å². The van der Waals surface area contributed by atoms with Gasteiger partial charge in [-0.15, -0.1) is 0 Å². The Labute approximate surface area is 106 Å². The zero-order chi connectivity index (χ0) is 12.4. The van der Waals surface area contributed by atoms with Crippen LogP contribution >= 0.6 is 11.6 Å². The molecule has 2 atom stereocenters. The third-order valence-corrected chi connectivity index (χ3v) is 3.22. The first kappa shape index (κ1) is 12.4. The number of hydrogen-bond donors (Lipinski definition) is 1. The van der Waals surface area contributed by atoms with E-state index >= 15 is 0 Å². The number of hydrogen-bond acceptors (Lipinski definition) is 5. The van der Waals surface area contributed by atoms with Crippen molar-refractivity contribution in [3.05, 3.63) is 11.2 Å². The van der Waals surface area contributed by atoms with Gasteiger partial charge >= 0.3 is 0 Å². The molecule has 0 aromatic carbocycles. The minimum Gasteiger partial charge on any atom is -0.375 e. The maximum Gasteiger partial charge on any atom is 0.222 e. The molecule has 1 aromatic heterocycles. The molecule has 17 heavy (non-hydrogen) atoms. The van der Waals surface area contributed by atoms with Gasteiger partial charge in [0.1, 0.15) is 5.02 Å². The molecule has 94 valence electrons. The summed E-state index contributed by atoms with van der Waals surface area (Å²) in [5.74, 6) is 0.958. The van der Waals surface area contributed by atoms with Crippen LogP contribution in [-0.2, 0) is 4.74 Å². The SMILES string of the molecule is CCC1COC(C)CN1c1nc(N)ncc1Cl. The Morgan fingerprint density at radius 2 is 2.41 bits per heavy atom. The second-order valence-corrected chi connectivity index (χ2v) is 4.67. The molecule has 0 spiro atoms. The van der Waals surface area contributed by atoms with Crippen molar-refractivity contribution >= 4 is 23.4 Å². The lowest BCUT2D eigenvalue weighted by molar-refractivity contribution is 0.0296. The van der Waals surface area contributed by atoms with Gasteiger partial charge in [0.25, 0.3) is 0 Å². The van der Waals surface area contributed by atoms with E-state index in [1.54, 1.807) is 6.20 Å². The van der Waals surface area contributed by atoms with E-state index < -0.39 is 0 Å². The van der Waals surface area contributed by atoms with Crippen molar-refractivity contribution in [1.82, 2.24) is 9.97 Å². The van der Waals surface area contributed by atoms with E-state index in [0.717, 1.165) is 13.0 Å². The van der Waals surface area contributed by atoms with Gasteiger partial charge in [-0.1, -0.05) is 18.5 Å². The molecular formula is C11H17ClN4O. The highest BCUT2D eigenvalue weighted by molar-refractivity contribution is 6.32. The molecule has 5 nitrogen and oxygen atoms in total. The number of anilines is 2. The van der Waals surface area contributed by atoms with Gasteiger partial charge in [0.05, 0.1) is 24.9 Å². The number of rotatable bonds is 2. The number of halogens is 1. The van der Waals surface area contributed by atoms with Gasteiger partial charge < -0.3 is 15.4 Å². The van der Waals surface area contributed by atoms with Crippen LogP contribution in [0.5, 0.6) is 0 Å². The molecule has 0 bridgehead atoms. The zero-order valence-corrected chi connectivity index (χ0v) is 10.8. The quantitative estimate of drug-likeness (QED) is 0.873. The van der Waals surface area contributed by atoms with E-state index in [0.29, 0.717) is 17.4 Å². The first-order valence-corrected chi connectivity index (χ1v) is 6.15. The number of ether oxygens (including phenoxy) is 1. The summed E-state index contributed by atoms with van der Waals surface area (Å²) in [4.78, 5) is 10.3. The molecule has 2 N–H and O–H groups in total. The number of aromatic nitrogens is 2. The summed E-state index contributed by atoms with van der Waals surface area (Å²) in [5, 5.41) is 0.534. The van der Waals surface area contributed by atoms with Gasteiger partial charge in [0.15, 0.2) is 5.82 Å². The maximum atomic E-state index is 6.14. The summed E-state index contributed by atoms with van der Waals surface area (Å²) in [7, 11) is 0. The van der Waals surface area contributed by atoms with Crippen molar-refractivity contribution in [3.63, 3.8) is 0 Å². The molecule has 2 heterocycles. The van der Waals surface area contributed by atoms with E-state index in [4.69, 9.17) is 22.1 Å². The van der Waals surface area contributed by atoms with Crippen LogP contribution in [0, 0.1) is 0 Å². The summed E-state index contributed by atoms with van der Waals surface area (Å²) in [6.45, 7) is 5.62. The van der Waals surface area contributed by atoms with Crippen molar-refractivity contribution in [3.8, 4) is 0 Å². The fourth-order valence-electron chi connectivity index (χ4n) is 2.01. The Hall–Kier alpha value is -1.07. The Balaban J connectivity index is 2.31. The highest BCUT2D eigenvalue weighted by Crippen LogP contribution is 2.28. The first-order chi connectivity index (χ1) is 8.11. The van der Waals surface area contributed by atoms with Crippen molar-refractivity contribution < 1.29 is 4.74 Å². The molecule has 1 aliphatic heterocycles. The fourth-order valence-corrected chi connectivity index (χ4v) is 2.21. The molecule has 0 radical (unpaired) electrons. The molecule has 6 heteroatoms. The van der Waals surface area contributed by atoms with E-state index in [1.807, 2.05) is 6.92 Å². The van der Waals surface area contributed by atoms with E-state index in [2.05, 4.69) is 21.8 Å². The maximum absolute atomic E-state index is 6.14. The summed E-state index contributed by atoms with van der Waals surface area (Å²) < 4.78 is 5.64. The minimum absolute atomic E-state index is 0.171. The van der Waals surface area contributed by atoms with Gasteiger partial charge in [-0.2, -0.15) is 4.98 Å². The number of nitrogens with zero attached hydrogens (tertiary/aromatic N) is 3. The third-order valence-electron chi connectivity index (χ3n) is 2.96. The Morgan fingerprint density at radius 1 is 1.65 bits per heavy atom. The molecule has 1 fully saturated rings. The van der Waals surface area contributed by atoms with Crippen LogP contribution in [0.1, 0.15) is 20.3 Å². The van der Waals surface area contributed by atoms with Crippen LogP contribution in [0.25, 0.3) is 0 Å². The standard InChI is InChI=1S/C11H17ClN4O/c1-3-8-6-17-7(2)5-16(8)10-9(12)4-14-11(13)15-10/h4,7-8H,3,5-6H2,1-2H3,(H2,13,14,15). The van der Waals surface area contributed by atoms with Crippen molar-refractivity contribution in [1.29, 1.82) is 0 Å². The topological polar surface area (TPSA) is 64.3 Å². The van der Waals surface area contributed by atoms with Crippen molar-refractivity contribution in [2.75, 3.05) is 23.8 Å². The van der Waals surface area contributed by atoms with Crippen LogP contribution < -0.4 is 10.6 Å². The molecule has 0 saturated carbocycles. The normalized spacial score (nSPS) is 25.0. The molecule has 0 amide bonds. The number of nitrogen functional groups attached to an aromatic ring is 1. The van der Waals surface area contributed by atoms with Crippen LogP contribution in [0.15, 0.2) is 6.20 Å². The molecule has 1 aliphatic rings. The number of morpholine rings is 1. The zero-order valence-electron chi connectivity index (χ0n) is 10.1. The summed E-state index contributed by atoms with van der Waals surface area (Å²) in [5.41, 5.74) is 5.62. The third kappa shape index (κ3) is 2.61. The minimum atomic E-state index is 0.171. The average Bonchev–Trinajstić information content (AvgIpc) is 2.32. The fraction of sp³-hybridized carbons (Fsp3) is 0.636. The van der Waals surface area contributed by atoms with E-state index in [1.165, 1.54) is 0 Å². The van der Waals surface area contributed by atoms with Gasteiger partial charge in [0, 0.05) is 6.54 Å². The lowest BCUT2D eigenvalue weighted by atomic mass is 10.1. The van der Waals surface area contributed by atoms with Crippen LogP contribution in [0.2, 0.25) is 5.02 Å². The molecular weight excluding hydrogens is 240 g/mol. The Kier molecular flexibility index (Phi) is 3.69. The van der Waals surface area contributed by atoms with Crippen LogP contribution in [0.3, 0.4) is 0 Å². The highest BCUT2D eigenvalue weighted by atomic mass is 35.5. The van der Waals surface area contributed by atoms with E-state index in [9.17, 15) is 0 Å². The smallest absolute Gasteiger partial charge is 0.222 e. The predicted molar refractivity (Wildman–Crippen MR) is 68.3 cm³/mol. The van der Waals surface area contributed by atoms with Gasteiger partial charge in [0.2, 0.25) is 5.95 Å². The number of nitrogens with two attached hydrogens (primary N) is 1. The Morgan fingerprint density at radius 3 is 3.12 bits per heavy atom. The first-order valence-electron chi connectivity index (χ1n) is 5.78. The second kappa shape index (κ2) is 5.06. The second-order valence-electron chi connectivity index (χ2n) is 4.26. The molecule has 2 rings (SSSR count). The lowest BCUT2D eigenvalue weighted by Gasteiger charge is -2.39. The molecule has 1 aromatic rings. The lowest BCUT2D eigenvalue weighted by Crippen LogP contribution is -2.49. The largest absolute Gasteiger partial charge is 0.375 e. The summed E-state index contributed by atoms with van der Waals surface area (Å²) >= 11 is 6.14. The molecule has 2 unspecified atom stereocenters. The van der Waals surface area contributed by atoms with Crippen LogP contribution in [-0.4, -0.2) is 35.3 Å². The Bertz CT molecular complexity index is 401. The average molecular weight is 257 g/mol. The van der Waals surface area contributed by atoms with Crippen molar-refractivity contribution in [2.24, 2.45) is 0 Å². The summed E-state index contributed by atoms with van der Waals surface area (Å²) in [6, 6.07) is 0.290. The highest BCUT2D eigenvalue weighted by Gasteiger charge is 2.28. The molecule has 0 aliphatic carbocycles. The van der Waals surface area contributed by atoms with Gasteiger partial charge in [-0.25, -0.2) is 4.98 Å². The monoisotopic (exact) mass is 256 g/mol. The summed E-state index contributed by atoms with van der Waals surface area (Å²) in [6.07, 6.45) is 2.70. The van der Waals surface area contributed by atoms with Gasteiger partial charge in [-0.05, 0) is 13.3 Å². The van der Waals surface area contributed by atoms with E-state index in [-0.39, 0.29) is 18.1 Å². The van der Waals surface area contributed by atoms with Crippen LogP contribution in [0.4, 0.5) is 11.8 Å².